The maximum absolute atomic E-state index is 11.8. The van der Waals surface area contributed by atoms with Gasteiger partial charge in [0.25, 0.3) is 0 Å². The molecule has 2 nitrogen and oxygen atoms in total. The molecule has 1 heterocycles. The van der Waals surface area contributed by atoms with Crippen LogP contribution in [0.4, 0.5) is 13.2 Å². The van der Waals surface area contributed by atoms with Gasteiger partial charge in [-0.25, -0.2) is 4.98 Å². The second-order valence-electron chi connectivity index (χ2n) is 2.32. The molecule has 0 aromatic carbocycles. The molecule has 0 unspecified atom stereocenters. The third-order valence-corrected chi connectivity index (χ3v) is 1.69. The molecule has 1 aromatic rings. The van der Waals surface area contributed by atoms with E-state index < -0.39 is 6.36 Å². The Morgan fingerprint density at radius 3 is 2.54 bits per heavy atom. The molecule has 0 bridgehead atoms. The number of alkyl halides is 3. The third kappa shape index (κ3) is 3.22. The molecule has 0 amide bonds. The van der Waals surface area contributed by atoms with E-state index in [2.05, 4.69) is 25.7 Å². The van der Waals surface area contributed by atoms with Crippen LogP contribution in [0, 0.1) is 6.92 Å². The lowest BCUT2D eigenvalue weighted by atomic mass is 10.3. The van der Waals surface area contributed by atoms with Gasteiger partial charge in [-0.05, 0) is 34.5 Å². The van der Waals surface area contributed by atoms with Crippen LogP contribution in [0.25, 0.3) is 0 Å². The zero-order valence-corrected chi connectivity index (χ0v) is 8.11. The zero-order chi connectivity index (χ0) is 10.1. The molecule has 0 aliphatic rings. The lowest BCUT2D eigenvalue weighted by Gasteiger charge is -2.10. The summed E-state index contributed by atoms with van der Waals surface area (Å²) in [6.07, 6.45) is -3.65. The minimum absolute atomic E-state index is 0.282. The Hall–Kier alpha value is -0.780. The van der Waals surface area contributed by atoms with Crippen molar-refractivity contribution in [2.75, 3.05) is 0 Å². The van der Waals surface area contributed by atoms with E-state index in [1.807, 2.05) is 0 Å². The van der Waals surface area contributed by atoms with Gasteiger partial charge in [-0.3, -0.25) is 0 Å². The number of aromatic nitrogens is 1. The number of pyridine rings is 1. The summed E-state index contributed by atoms with van der Waals surface area (Å²) in [7, 11) is 0. The van der Waals surface area contributed by atoms with Crippen molar-refractivity contribution in [2.24, 2.45) is 0 Å². The lowest BCUT2D eigenvalue weighted by Crippen LogP contribution is -2.17. The van der Waals surface area contributed by atoms with Crippen LogP contribution in [0.2, 0.25) is 0 Å². The highest BCUT2D eigenvalue weighted by Gasteiger charge is 2.31. The molecule has 6 heteroatoms. The highest BCUT2D eigenvalue weighted by molar-refractivity contribution is 9.10. The summed E-state index contributed by atoms with van der Waals surface area (Å²) in [6, 6.07) is 1.45. The fraction of sp³-hybridized carbons (Fsp3) is 0.286. The van der Waals surface area contributed by atoms with Gasteiger partial charge in [0.05, 0.1) is 6.20 Å². The molecule has 0 saturated heterocycles. The van der Waals surface area contributed by atoms with Gasteiger partial charge in [-0.15, -0.1) is 13.2 Å². The molecular formula is C7H5BrF3NO. The SMILES string of the molecule is Cc1cc(Br)ncc1OC(F)(F)F. The Morgan fingerprint density at radius 2 is 2.08 bits per heavy atom. The Morgan fingerprint density at radius 1 is 1.46 bits per heavy atom. The van der Waals surface area contributed by atoms with Crippen LogP contribution in [-0.4, -0.2) is 11.3 Å². The van der Waals surface area contributed by atoms with Crippen LogP contribution in [0.3, 0.4) is 0 Å². The van der Waals surface area contributed by atoms with Crippen LogP contribution in [0.1, 0.15) is 5.56 Å². The van der Waals surface area contributed by atoms with Crippen LogP contribution >= 0.6 is 15.9 Å². The van der Waals surface area contributed by atoms with Gasteiger partial charge < -0.3 is 4.74 Å². The van der Waals surface area contributed by atoms with Crippen LogP contribution in [0.15, 0.2) is 16.9 Å². The molecule has 0 N–H and O–H groups in total. The number of halogens is 4. The van der Waals surface area contributed by atoms with E-state index in [1.165, 1.54) is 13.0 Å². The maximum Gasteiger partial charge on any atom is 0.573 e. The van der Waals surface area contributed by atoms with Crippen molar-refractivity contribution in [3.63, 3.8) is 0 Å². The Bertz CT molecular complexity index is 313. The first-order valence-corrected chi connectivity index (χ1v) is 4.06. The number of nitrogens with zero attached hydrogens (tertiary/aromatic N) is 1. The highest BCUT2D eigenvalue weighted by atomic mass is 79.9. The average Bonchev–Trinajstić information content (AvgIpc) is 1.93. The lowest BCUT2D eigenvalue weighted by molar-refractivity contribution is -0.275. The van der Waals surface area contributed by atoms with E-state index in [4.69, 9.17) is 0 Å². The van der Waals surface area contributed by atoms with Gasteiger partial charge >= 0.3 is 6.36 Å². The van der Waals surface area contributed by atoms with E-state index in [-0.39, 0.29) is 5.75 Å². The number of ether oxygens (including phenoxy) is 1. The van der Waals surface area contributed by atoms with Crippen molar-refractivity contribution in [3.8, 4) is 5.75 Å². The van der Waals surface area contributed by atoms with Gasteiger partial charge in [0.1, 0.15) is 4.60 Å². The molecule has 13 heavy (non-hydrogen) atoms. The normalized spacial score (nSPS) is 11.5. The summed E-state index contributed by atoms with van der Waals surface area (Å²) in [5, 5.41) is 0. The average molecular weight is 256 g/mol. The molecule has 0 radical (unpaired) electrons. The van der Waals surface area contributed by atoms with Crippen molar-refractivity contribution in [2.45, 2.75) is 13.3 Å². The quantitative estimate of drug-likeness (QED) is 0.720. The Balaban J connectivity index is 2.90. The Labute approximate surface area is 80.9 Å². The van der Waals surface area contributed by atoms with Crippen LogP contribution < -0.4 is 4.74 Å². The van der Waals surface area contributed by atoms with Crippen molar-refractivity contribution in [1.82, 2.24) is 4.98 Å². The maximum atomic E-state index is 11.8. The van der Waals surface area contributed by atoms with Crippen molar-refractivity contribution < 1.29 is 17.9 Å². The van der Waals surface area contributed by atoms with E-state index >= 15 is 0 Å². The van der Waals surface area contributed by atoms with Crippen molar-refractivity contribution in [3.05, 3.63) is 22.4 Å². The van der Waals surface area contributed by atoms with Gasteiger partial charge in [0.2, 0.25) is 0 Å². The minimum Gasteiger partial charge on any atom is -0.404 e. The molecule has 72 valence electrons. The van der Waals surface area contributed by atoms with E-state index in [9.17, 15) is 13.2 Å². The summed E-state index contributed by atoms with van der Waals surface area (Å²) in [5.74, 6) is -0.282. The molecule has 0 aliphatic heterocycles. The van der Waals surface area contributed by atoms with Gasteiger partial charge in [0.15, 0.2) is 5.75 Å². The summed E-state index contributed by atoms with van der Waals surface area (Å²) in [6.45, 7) is 1.51. The van der Waals surface area contributed by atoms with E-state index in [0.717, 1.165) is 6.20 Å². The molecule has 0 spiro atoms. The fourth-order valence-electron chi connectivity index (χ4n) is 0.741. The predicted octanol–water partition coefficient (Wildman–Crippen LogP) is 3.05. The van der Waals surface area contributed by atoms with Gasteiger partial charge in [0, 0.05) is 0 Å². The highest BCUT2D eigenvalue weighted by Crippen LogP contribution is 2.26. The number of hydrogen-bond acceptors (Lipinski definition) is 2. The molecule has 0 aliphatic carbocycles. The largest absolute Gasteiger partial charge is 0.573 e. The minimum atomic E-state index is -4.67. The molecule has 1 aromatic heterocycles. The van der Waals surface area contributed by atoms with Gasteiger partial charge in [-0.1, -0.05) is 0 Å². The van der Waals surface area contributed by atoms with Crippen molar-refractivity contribution in [1.29, 1.82) is 0 Å². The first-order chi connectivity index (χ1) is 5.88. The first-order valence-electron chi connectivity index (χ1n) is 3.26. The van der Waals surface area contributed by atoms with Crippen LogP contribution in [-0.2, 0) is 0 Å². The summed E-state index contributed by atoms with van der Waals surface area (Å²) in [4.78, 5) is 3.62. The monoisotopic (exact) mass is 255 g/mol. The summed E-state index contributed by atoms with van der Waals surface area (Å²) < 4.78 is 39.5. The van der Waals surface area contributed by atoms with E-state index in [1.54, 1.807) is 0 Å². The molecule has 0 fully saturated rings. The smallest absolute Gasteiger partial charge is 0.404 e. The zero-order valence-electron chi connectivity index (χ0n) is 6.52. The van der Waals surface area contributed by atoms with Crippen LogP contribution in [0.5, 0.6) is 5.75 Å². The molecule has 0 atom stereocenters. The molecular weight excluding hydrogens is 251 g/mol. The predicted molar refractivity (Wildman–Crippen MR) is 43.4 cm³/mol. The summed E-state index contributed by atoms with van der Waals surface area (Å²) in [5.41, 5.74) is 0.374. The number of hydrogen-bond donors (Lipinski definition) is 0. The number of rotatable bonds is 1. The Kier molecular flexibility index (Phi) is 2.80. The standard InChI is InChI=1S/C7H5BrF3NO/c1-4-2-6(8)12-3-5(4)13-7(9,10)11/h2-3H,1H3. The van der Waals surface area contributed by atoms with Gasteiger partial charge in [-0.2, -0.15) is 0 Å². The number of aryl methyl sites for hydroxylation is 1. The fourth-order valence-corrected chi connectivity index (χ4v) is 1.19. The molecule has 0 saturated carbocycles. The second-order valence-corrected chi connectivity index (χ2v) is 3.13. The third-order valence-electron chi connectivity index (χ3n) is 1.26. The topological polar surface area (TPSA) is 22.1 Å². The van der Waals surface area contributed by atoms with E-state index in [0.29, 0.717) is 10.2 Å². The summed E-state index contributed by atoms with van der Waals surface area (Å²) >= 11 is 3.03. The van der Waals surface area contributed by atoms with Crippen molar-refractivity contribution >= 4 is 15.9 Å². The second kappa shape index (κ2) is 3.53. The first kappa shape index (κ1) is 10.3. The molecule has 1 rings (SSSR count).